The quantitative estimate of drug-likeness (QED) is 0.322. The average molecular weight is 547 g/mol. The van der Waals surface area contributed by atoms with Crippen LogP contribution in [0.5, 0.6) is 0 Å². The number of alkyl halides is 2. The van der Waals surface area contributed by atoms with Crippen LogP contribution in [0.1, 0.15) is 21.6 Å². The summed E-state index contributed by atoms with van der Waals surface area (Å²) in [6, 6.07) is 7.56. The fourth-order valence-corrected chi connectivity index (χ4v) is 4.81. The van der Waals surface area contributed by atoms with Gasteiger partial charge in [-0.15, -0.1) is 0 Å². The van der Waals surface area contributed by atoms with Crippen molar-refractivity contribution in [3.05, 3.63) is 71.9 Å². The first-order valence-electron chi connectivity index (χ1n) is 13.0. The highest BCUT2D eigenvalue weighted by Crippen LogP contribution is 2.32. The summed E-state index contributed by atoms with van der Waals surface area (Å²) >= 11 is 0. The molecule has 0 aromatic carbocycles. The first kappa shape index (κ1) is 25.6. The van der Waals surface area contributed by atoms with E-state index in [0.717, 1.165) is 54.4 Å². The molecule has 4 aromatic heterocycles. The Balaban J connectivity index is 1.22. The first-order valence-corrected chi connectivity index (χ1v) is 13.0. The molecule has 2 aliphatic rings. The van der Waals surface area contributed by atoms with E-state index in [2.05, 4.69) is 47.7 Å². The Morgan fingerprint density at radius 2 is 1.95 bits per heavy atom. The molecule has 40 heavy (non-hydrogen) atoms. The number of hydrogen-bond acceptors (Lipinski definition) is 9. The van der Waals surface area contributed by atoms with Gasteiger partial charge in [-0.25, -0.2) is 23.7 Å². The van der Waals surface area contributed by atoms with Crippen LogP contribution in [0.4, 0.5) is 32.1 Å². The van der Waals surface area contributed by atoms with Crippen LogP contribution in [0.15, 0.2) is 55.1 Å². The Morgan fingerprint density at radius 3 is 2.77 bits per heavy atom. The van der Waals surface area contributed by atoms with E-state index in [-0.39, 0.29) is 5.69 Å². The number of carbonyl (C=O) groups is 1. The van der Waals surface area contributed by atoms with Crippen molar-refractivity contribution in [2.45, 2.75) is 6.43 Å². The van der Waals surface area contributed by atoms with Crippen LogP contribution in [0.25, 0.3) is 11.2 Å². The minimum atomic E-state index is -2.63. The zero-order valence-electron chi connectivity index (χ0n) is 21.8. The molecular formula is C27H28F2N10O. The molecule has 0 aliphatic carbocycles. The number of anilines is 4. The summed E-state index contributed by atoms with van der Waals surface area (Å²) in [5, 5.41) is 8.82. The number of pyridine rings is 2. The normalized spacial score (nSPS) is 15.5. The molecule has 11 nitrogen and oxygen atoms in total. The maximum atomic E-state index is 12.6. The smallest absolute Gasteiger partial charge is 0.270 e. The van der Waals surface area contributed by atoms with E-state index in [4.69, 9.17) is 4.98 Å². The van der Waals surface area contributed by atoms with E-state index in [9.17, 15) is 13.6 Å². The van der Waals surface area contributed by atoms with Crippen LogP contribution in [-0.2, 0) is 0 Å². The van der Waals surface area contributed by atoms with Crippen LogP contribution in [-0.4, -0.2) is 87.9 Å². The van der Waals surface area contributed by atoms with Gasteiger partial charge in [0.2, 0.25) is 5.95 Å². The van der Waals surface area contributed by atoms with Gasteiger partial charge in [0.15, 0.2) is 0 Å². The van der Waals surface area contributed by atoms with E-state index in [1.807, 2.05) is 24.3 Å². The third kappa shape index (κ3) is 5.27. The SMILES string of the molecule is CN1CCN(c2cc(Nc3ncc4c(n3)NCC=C4c3ccc4ncc(C(=O)NCC(F)F)n4c3)ccn2)CC1. The molecule has 0 spiro atoms. The molecule has 6 heterocycles. The lowest BCUT2D eigenvalue weighted by Crippen LogP contribution is -2.44. The molecule has 6 rings (SSSR count). The van der Waals surface area contributed by atoms with Gasteiger partial charge in [-0.3, -0.25) is 9.20 Å². The Kier molecular flexibility index (Phi) is 6.95. The molecule has 0 saturated carbocycles. The molecule has 0 bridgehead atoms. The van der Waals surface area contributed by atoms with E-state index < -0.39 is 18.9 Å². The van der Waals surface area contributed by atoms with Crippen molar-refractivity contribution in [2.75, 3.05) is 61.8 Å². The molecule has 4 aromatic rings. The van der Waals surface area contributed by atoms with Crippen LogP contribution < -0.4 is 20.9 Å². The molecule has 13 heteroatoms. The number of piperazine rings is 1. The molecule has 2 aliphatic heterocycles. The van der Waals surface area contributed by atoms with Gasteiger partial charge in [-0.05, 0) is 36.4 Å². The molecule has 0 radical (unpaired) electrons. The molecule has 1 amide bonds. The van der Waals surface area contributed by atoms with Gasteiger partial charge < -0.3 is 25.8 Å². The number of carbonyl (C=O) groups excluding carboxylic acids is 1. The number of nitrogens with one attached hydrogen (secondary N) is 3. The fourth-order valence-electron chi connectivity index (χ4n) is 4.81. The molecule has 0 unspecified atom stereocenters. The summed E-state index contributed by atoms with van der Waals surface area (Å²) in [6.07, 6.45) is 6.05. The second-order valence-corrected chi connectivity index (χ2v) is 9.66. The summed E-state index contributed by atoms with van der Waals surface area (Å²) in [5.74, 6) is 1.42. The number of rotatable bonds is 7. The lowest BCUT2D eigenvalue weighted by Gasteiger charge is -2.33. The monoisotopic (exact) mass is 546 g/mol. The lowest BCUT2D eigenvalue weighted by molar-refractivity contribution is 0.0886. The number of likely N-dealkylation sites (N-methyl/N-ethyl adjacent to an activating group) is 1. The first-order chi connectivity index (χ1) is 19.4. The van der Waals surface area contributed by atoms with Crippen molar-refractivity contribution in [3.63, 3.8) is 0 Å². The summed E-state index contributed by atoms with van der Waals surface area (Å²) in [7, 11) is 2.12. The number of aromatic nitrogens is 5. The fraction of sp³-hybridized carbons (Fsp3) is 0.296. The molecule has 1 fully saturated rings. The van der Waals surface area contributed by atoms with Crippen LogP contribution in [0.3, 0.4) is 0 Å². The van der Waals surface area contributed by atoms with Crippen LogP contribution in [0, 0.1) is 0 Å². The molecule has 1 saturated heterocycles. The maximum absolute atomic E-state index is 12.6. The zero-order valence-corrected chi connectivity index (χ0v) is 21.8. The van der Waals surface area contributed by atoms with Gasteiger partial charge in [-0.1, -0.05) is 6.08 Å². The van der Waals surface area contributed by atoms with Crippen molar-refractivity contribution < 1.29 is 13.6 Å². The van der Waals surface area contributed by atoms with Gasteiger partial charge in [-0.2, -0.15) is 4.98 Å². The van der Waals surface area contributed by atoms with E-state index >= 15 is 0 Å². The summed E-state index contributed by atoms with van der Waals surface area (Å²) < 4.78 is 26.8. The van der Waals surface area contributed by atoms with Gasteiger partial charge >= 0.3 is 0 Å². The number of fused-ring (bicyclic) bond motifs is 2. The van der Waals surface area contributed by atoms with E-state index in [1.165, 1.54) is 6.20 Å². The van der Waals surface area contributed by atoms with Crippen molar-refractivity contribution in [2.24, 2.45) is 0 Å². The van der Waals surface area contributed by atoms with Gasteiger partial charge in [0.1, 0.15) is 23.0 Å². The van der Waals surface area contributed by atoms with E-state index in [0.29, 0.717) is 24.0 Å². The number of hydrogen-bond donors (Lipinski definition) is 3. The minimum Gasteiger partial charge on any atom is -0.366 e. The van der Waals surface area contributed by atoms with Crippen molar-refractivity contribution in [1.29, 1.82) is 0 Å². The number of nitrogens with zero attached hydrogens (tertiary/aromatic N) is 7. The summed E-state index contributed by atoms with van der Waals surface area (Å²) in [5.41, 5.74) is 4.05. The molecule has 206 valence electrons. The predicted octanol–water partition coefficient (Wildman–Crippen LogP) is 2.87. The highest BCUT2D eigenvalue weighted by Gasteiger charge is 2.20. The number of halogens is 2. The van der Waals surface area contributed by atoms with Gasteiger partial charge in [0.25, 0.3) is 12.3 Å². The average Bonchev–Trinajstić information content (AvgIpc) is 3.39. The minimum absolute atomic E-state index is 0.177. The van der Waals surface area contributed by atoms with Gasteiger partial charge in [0, 0.05) is 68.6 Å². The van der Waals surface area contributed by atoms with Crippen molar-refractivity contribution in [1.82, 2.24) is 34.6 Å². The maximum Gasteiger partial charge on any atom is 0.270 e. The Bertz CT molecular complexity index is 1580. The molecular weight excluding hydrogens is 518 g/mol. The third-order valence-electron chi connectivity index (χ3n) is 6.95. The third-order valence-corrected chi connectivity index (χ3v) is 6.95. The number of imidazole rings is 1. The Morgan fingerprint density at radius 1 is 1.10 bits per heavy atom. The second-order valence-electron chi connectivity index (χ2n) is 9.66. The highest BCUT2D eigenvalue weighted by atomic mass is 19.3. The number of amides is 1. The predicted molar refractivity (Wildman–Crippen MR) is 148 cm³/mol. The summed E-state index contributed by atoms with van der Waals surface area (Å²) in [4.78, 5) is 35.1. The van der Waals surface area contributed by atoms with Crippen molar-refractivity contribution >= 4 is 40.4 Å². The van der Waals surface area contributed by atoms with Crippen LogP contribution in [0.2, 0.25) is 0 Å². The highest BCUT2D eigenvalue weighted by molar-refractivity contribution is 5.94. The molecule has 0 atom stereocenters. The second kappa shape index (κ2) is 10.8. The zero-order chi connectivity index (χ0) is 27.6. The van der Waals surface area contributed by atoms with Gasteiger partial charge in [0.05, 0.1) is 12.7 Å². The van der Waals surface area contributed by atoms with Crippen LogP contribution >= 0.6 is 0 Å². The lowest BCUT2D eigenvalue weighted by atomic mass is 9.98. The molecule has 3 N–H and O–H groups in total. The summed E-state index contributed by atoms with van der Waals surface area (Å²) in [6.45, 7) is 3.67. The largest absolute Gasteiger partial charge is 0.366 e. The standard InChI is InChI=1S/C27H28F2N10O/c1-37-8-10-38(11-9-37)24-12-18(4-6-30-24)35-27-34-13-20-19(5-7-31-25(20)36-27)17-2-3-23-32-14-21(39(23)16-17)26(40)33-15-22(28)29/h2-6,12-14,16,22H,7-11,15H2,1H3,(H,33,40)(H2,30,31,34,35,36). The Labute approximate surface area is 229 Å². The van der Waals surface area contributed by atoms with E-state index in [1.54, 1.807) is 29.1 Å². The topological polar surface area (TPSA) is 116 Å². The Hall–Kier alpha value is -4.65. The van der Waals surface area contributed by atoms with Crippen molar-refractivity contribution in [3.8, 4) is 0 Å².